The molecule has 0 bridgehead atoms. The van der Waals surface area contributed by atoms with Crippen LogP contribution in [0.15, 0.2) is 23.5 Å². The molecule has 0 aliphatic carbocycles. The van der Waals surface area contributed by atoms with Crippen molar-refractivity contribution in [3.05, 3.63) is 35.4 Å². The quantitative estimate of drug-likeness (QED) is 0.641. The lowest BCUT2D eigenvalue weighted by Gasteiger charge is -2.03. The van der Waals surface area contributed by atoms with Crippen LogP contribution in [0.4, 0.5) is 0 Å². The van der Waals surface area contributed by atoms with Gasteiger partial charge in [0.1, 0.15) is 5.82 Å². The highest BCUT2D eigenvalue weighted by molar-refractivity contribution is 7.98. The topological polar surface area (TPSA) is 95.9 Å². The Kier molecular flexibility index (Phi) is 4.70. The number of esters is 1. The van der Waals surface area contributed by atoms with Crippen LogP contribution >= 0.6 is 11.8 Å². The van der Waals surface area contributed by atoms with E-state index in [0.29, 0.717) is 17.9 Å². The molecule has 0 aliphatic rings. The van der Waals surface area contributed by atoms with Crippen molar-refractivity contribution in [2.75, 3.05) is 7.11 Å². The van der Waals surface area contributed by atoms with Crippen LogP contribution in [0, 0.1) is 0 Å². The standard InChI is InChI=1S/C12H15N5O2S/c1-17-10(5-13)15-16-12(17)20-7-9-4-3-8(6-14-9)11(18)19-2/h3-4,6H,5,7,13H2,1-2H3. The monoisotopic (exact) mass is 293 g/mol. The van der Waals surface area contributed by atoms with E-state index in [1.54, 1.807) is 12.1 Å². The number of thioether (sulfide) groups is 1. The zero-order valence-electron chi connectivity index (χ0n) is 11.2. The van der Waals surface area contributed by atoms with Gasteiger partial charge < -0.3 is 15.0 Å². The van der Waals surface area contributed by atoms with Crippen molar-refractivity contribution in [2.24, 2.45) is 12.8 Å². The molecule has 20 heavy (non-hydrogen) atoms. The van der Waals surface area contributed by atoms with Gasteiger partial charge in [-0.15, -0.1) is 10.2 Å². The maximum absolute atomic E-state index is 11.3. The third kappa shape index (κ3) is 3.14. The second-order valence-electron chi connectivity index (χ2n) is 3.98. The Hall–Kier alpha value is -1.93. The number of methoxy groups -OCH3 is 1. The molecule has 106 valence electrons. The summed E-state index contributed by atoms with van der Waals surface area (Å²) in [4.78, 5) is 15.5. The van der Waals surface area contributed by atoms with Crippen molar-refractivity contribution in [3.8, 4) is 0 Å². The van der Waals surface area contributed by atoms with Crippen LogP contribution in [0.25, 0.3) is 0 Å². The normalized spacial score (nSPS) is 10.6. The van der Waals surface area contributed by atoms with Gasteiger partial charge in [-0.3, -0.25) is 4.98 Å². The third-order valence-corrected chi connectivity index (χ3v) is 3.76. The van der Waals surface area contributed by atoms with E-state index in [9.17, 15) is 4.79 Å². The molecule has 2 rings (SSSR count). The summed E-state index contributed by atoms with van der Waals surface area (Å²) < 4.78 is 6.47. The predicted octanol–water partition coefficient (Wildman–Crippen LogP) is 0.748. The first kappa shape index (κ1) is 14.5. The Labute approximate surface area is 120 Å². The van der Waals surface area contributed by atoms with Gasteiger partial charge in [-0.05, 0) is 12.1 Å². The van der Waals surface area contributed by atoms with Gasteiger partial charge in [-0.2, -0.15) is 0 Å². The Morgan fingerprint density at radius 1 is 1.45 bits per heavy atom. The first-order valence-corrected chi connectivity index (χ1v) is 6.88. The van der Waals surface area contributed by atoms with Crippen molar-refractivity contribution in [2.45, 2.75) is 17.5 Å². The van der Waals surface area contributed by atoms with E-state index in [2.05, 4.69) is 19.9 Å². The minimum atomic E-state index is -0.391. The molecule has 8 heteroatoms. The lowest BCUT2D eigenvalue weighted by atomic mass is 10.2. The fourth-order valence-electron chi connectivity index (χ4n) is 1.54. The highest BCUT2D eigenvalue weighted by atomic mass is 32.2. The van der Waals surface area contributed by atoms with Crippen LogP contribution < -0.4 is 5.73 Å². The van der Waals surface area contributed by atoms with Crippen LogP contribution in [0.1, 0.15) is 21.9 Å². The summed E-state index contributed by atoms with van der Waals surface area (Å²) in [6, 6.07) is 3.48. The summed E-state index contributed by atoms with van der Waals surface area (Å²) in [6.07, 6.45) is 1.50. The zero-order chi connectivity index (χ0) is 14.5. The van der Waals surface area contributed by atoms with E-state index in [0.717, 1.165) is 16.7 Å². The van der Waals surface area contributed by atoms with Crippen molar-refractivity contribution in [3.63, 3.8) is 0 Å². The van der Waals surface area contributed by atoms with E-state index < -0.39 is 5.97 Å². The number of carbonyl (C=O) groups is 1. The van der Waals surface area contributed by atoms with E-state index in [1.165, 1.54) is 25.1 Å². The van der Waals surface area contributed by atoms with Crippen molar-refractivity contribution in [1.82, 2.24) is 19.7 Å². The molecule has 0 aromatic carbocycles. The highest BCUT2D eigenvalue weighted by Crippen LogP contribution is 2.20. The molecule has 0 atom stereocenters. The lowest BCUT2D eigenvalue weighted by molar-refractivity contribution is 0.0600. The molecule has 2 aromatic rings. The number of nitrogens with zero attached hydrogens (tertiary/aromatic N) is 4. The molecule has 2 aromatic heterocycles. The number of ether oxygens (including phenoxy) is 1. The molecule has 0 fully saturated rings. The highest BCUT2D eigenvalue weighted by Gasteiger charge is 2.09. The molecule has 7 nitrogen and oxygen atoms in total. The van der Waals surface area contributed by atoms with Gasteiger partial charge in [-0.1, -0.05) is 11.8 Å². The molecule has 0 saturated heterocycles. The van der Waals surface area contributed by atoms with Crippen LogP contribution in [0.3, 0.4) is 0 Å². The SMILES string of the molecule is COC(=O)c1ccc(CSc2nnc(CN)n2C)nc1. The van der Waals surface area contributed by atoms with E-state index >= 15 is 0 Å². The van der Waals surface area contributed by atoms with Gasteiger partial charge in [-0.25, -0.2) is 4.79 Å². The average molecular weight is 293 g/mol. The Morgan fingerprint density at radius 3 is 2.80 bits per heavy atom. The van der Waals surface area contributed by atoms with Crippen molar-refractivity contribution in [1.29, 1.82) is 0 Å². The van der Waals surface area contributed by atoms with E-state index in [4.69, 9.17) is 5.73 Å². The first-order valence-electron chi connectivity index (χ1n) is 5.90. The fraction of sp³-hybridized carbons (Fsp3) is 0.333. The molecule has 0 saturated carbocycles. The molecule has 0 radical (unpaired) electrons. The van der Waals surface area contributed by atoms with Crippen molar-refractivity contribution >= 4 is 17.7 Å². The largest absolute Gasteiger partial charge is 0.465 e. The molecule has 0 spiro atoms. The second-order valence-corrected chi connectivity index (χ2v) is 4.92. The van der Waals surface area contributed by atoms with Gasteiger partial charge in [0, 0.05) is 19.0 Å². The van der Waals surface area contributed by atoms with Crippen LogP contribution in [0.2, 0.25) is 0 Å². The number of pyridine rings is 1. The van der Waals surface area contributed by atoms with Gasteiger partial charge in [0.25, 0.3) is 0 Å². The molecular formula is C12H15N5O2S. The van der Waals surface area contributed by atoms with Crippen molar-refractivity contribution < 1.29 is 9.53 Å². The Balaban J connectivity index is 2.00. The number of carbonyl (C=O) groups excluding carboxylic acids is 1. The third-order valence-electron chi connectivity index (χ3n) is 2.70. The summed E-state index contributed by atoms with van der Waals surface area (Å²) in [5.41, 5.74) is 6.82. The fourth-order valence-corrected chi connectivity index (χ4v) is 2.38. The zero-order valence-corrected chi connectivity index (χ0v) is 12.1. The smallest absolute Gasteiger partial charge is 0.339 e. The average Bonchev–Trinajstić information content (AvgIpc) is 2.85. The molecule has 2 N–H and O–H groups in total. The maximum Gasteiger partial charge on any atom is 0.339 e. The van der Waals surface area contributed by atoms with E-state index in [-0.39, 0.29) is 0 Å². The van der Waals surface area contributed by atoms with Gasteiger partial charge in [0.15, 0.2) is 5.16 Å². The summed E-state index contributed by atoms with van der Waals surface area (Å²) in [7, 11) is 3.22. The summed E-state index contributed by atoms with van der Waals surface area (Å²) in [5, 5.41) is 8.82. The molecular weight excluding hydrogens is 278 g/mol. The molecule has 2 heterocycles. The second kappa shape index (κ2) is 6.49. The lowest BCUT2D eigenvalue weighted by Crippen LogP contribution is -2.05. The van der Waals surface area contributed by atoms with Crippen LogP contribution in [-0.4, -0.2) is 32.8 Å². The number of rotatable bonds is 5. The molecule has 0 unspecified atom stereocenters. The van der Waals surface area contributed by atoms with Gasteiger partial charge >= 0.3 is 5.97 Å². The number of aromatic nitrogens is 4. The first-order chi connectivity index (χ1) is 9.65. The Morgan fingerprint density at radius 2 is 2.25 bits per heavy atom. The minimum Gasteiger partial charge on any atom is -0.465 e. The molecule has 0 amide bonds. The van der Waals surface area contributed by atoms with Crippen LogP contribution in [0.5, 0.6) is 0 Å². The van der Waals surface area contributed by atoms with Gasteiger partial charge in [0.2, 0.25) is 0 Å². The minimum absolute atomic E-state index is 0.357. The predicted molar refractivity (Wildman–Crippen MR) is 74.0 cm³/mol. The number of hydrogen-bond donors (Lipinski definition) is 1. The summed E-state index contributed by atoms with van der Waals surface area (Å²) in [5.74, 6) is 0.983. The maximum atomic E-state index is 11.3. The summed E-state index contributed by atoms with van der Waals surface area (Å²) in [6.45, 7) is 0.357. The number of nitrogens with two attached hydrogens (primary N) is 1. The van der Waals surface area contributed by atoms with E-state index in [1.807, 2.05) is 11.6 Å². The van der Waals surface area contributed by atoms with Gasteiger partial charge in [0.05, 0.1) is 24.9 Å². The Bertz CT molecular complexity index is 596. The van der Waals surface area contributed by atoms with Crippen LogP contribution in [-0.2, 0) is 24.1 Å². The summed E-state index contributed by atoms with van der Waals surface area (Å²) >= 11 is 1.51. The number of hydrogen-bond acceptors (Lipinski definition) is 7. The molecule has 0 aliphatic heterocycles.